The lowest BCUT2D eigenvalue weighted by atomic mass is 10.0. The van der Waals surface area contributed by atoms with E-state index in [9.17, 15) is 4.39 Å². The fourth-order valence-electron chi connectivity index (χ4n) is 1.63. The zero-order valence-electron chi connectivity index (χ0n) is 9.29. The Morgan fingerprint density at radius 3 is 2.87 bits per heavy atom. The van der Waals surface area contributed by atoms with E-state index in [0.29, 0.717) is 0 Å². The molecule has 1 aromatic rings. The van der Waals surface area contributed by atoms with Gasteiger partial charge in [0.1, 0.15) is 5.82 Å². The molecule has 0 bridgehead atoms. The van der Waals surface area contributed by atoms with Gasteiger partial charge in [-0.25, -0.2) is 4.39 Å². The number of nitrogens with one attached hydrogen (secondary N) is 1. The lowest BCUT2D eigenvalue weighted by Crippen LogP contribution is -2.17. The van der Waals surface area contributed by atoms with Crippen LogP contribution < -0.4 is 5.32 Å². The maximum Gasteiger partial charge on any atom is 0.123 e. The molecular formula is C12H18FNO. The molecule has 1 atom stereocenters. The number of hydrogen-bond donors (Lipinski definition) is 1. The summed E-state index contributed by atoms with van der Waals surface area (Å²) in [6, 6.07) is 6.93. The number of ether oxygens (including phenoxy) is 1. The Kier molecular flexibility index (Phi) is 5.29. The molecule has 1 aromatic carbocycles. The van der Waals surface area contributed by atoms with Crippen molar-refractivity contribution in [3.05, 3.63) is 35.6 Å². The Hall–Kier alpha value is -0.930. The van der Waals surface area contributed by atoms with E-state index in [4.69, 9.17) is 4.74 Å². The van der Waals surface area contributed by atoms with E-state index in [2.05, 4.69) is 5.32 Å². The van der Waals surface area contributed by atoms with Gasteiger partial charge in [0.15, 0.2) is 0 Å². The average Bonchev–Trinajstić information content (AvgIpc) is 2.24. The highest BCUT2D eigenvalue weighted by atomic mass is 19.1. The highest BCUT2D eigenvalue weighted by Crippen LogP contribution is 2.18. The van der Waals surface area contributed by atoms with Crippen molar-refractivity contribution in [1.82, 2.24) is 5.32 Å². The molecule has 0 saturated heterocycles. The van der Waals surface area contributed by atoms with Gasteiger partial charge < -0.3 is 10.1 Å². The summed E-state index contributed by atoms with van der Waals surface area (Å²) in [7, 11) is 3.58. The highest BCUT2D eigenvalue weighted by Gasteiger charge is 2.08. The van der Waals surface area contributed by atoms with Crippen molar-refractivity contribution < 1.29 is 9.13 Å². The van der Waals surface area contributed by atoms with E-state index in [0.717, 1.165) is 25.0 Å². The Morgan fingerprint density at radius 2 is 2.27 bits per heavy atom. The summed E-state index contributed by atoms with van der Waals surface area (Å²) in [6.07, 6.45) is 1.92. The Balaban J connectivity index is 2.57. The van der Waals surface area contributed by atoms with E-state index < -0.39 is 0 Å². The summed E-state index contributed by atoms with van der Waals surface area (Å²) in [4.78, 5) is 0. The van der Waals surface area contributed by atoms with Gasteiger partial charge in [0.25, 0.3) is 0 Å². The van der Waals surface area contributed by atoms with Crippen LogP contribution in [-0.4, -0.2) is 20.8 Å². The fourth-order valence-corrected chi connectivity index (χ4v) is 1.63. The molecule has 1 unspecified atom stereocenters. The molecule has 0 heterocycles. The Labute approximate surface area is 90.4 Å². The summed E-state index contributed by atoms with van der Waals surface area (Å²) in [5.41, 5.74) is 0.994. The van der Waals surface area contributed by atoms with E-state index in [1.165, 1.54) is 6.07 Å². The molecule has 0 aliphatic carbocycles. The van der Waals surface area contributed by atoms with Gasteiger partial charge in [0.2, 0.25) is 0 Å². The normalized spacial score (nSPS) is 12.7. The van der Waals surface area contributed by atoms with Gasteiger partial charge in [-0.3, -0.25) is 0 Å². The molecule has 0 radical (unpaired) electrons. The topological polar surface area (TPSA) is 21.3 Å². The maximum absolute atomic E-state index is 13.0. The van der Waals surface area contributed by atoms with Gasteiger partial charge in [-0.05, 0) is 37.6 Å². The molecule has 2 nitrogen and oxygen atoms in total. The summed E-state index contributed by atoms with van der Waals surface area (Å²) >= 11 is 0. The monoisotopic (exact) mass is 211 g/mol. The second-order valence-corrected chi connectivity index (χ2v) is 3.53. The third-order valence-electron chi connectivity index (χ3n) is 2.44. The molecule has 0 aromatic heterocycles. The summed E-state index contributed by atoms with van der Waals surface area (Å²) in [5.74, 6) is -0.181. The van der Waals surface area contributed by atoms with Crippen LogP contribution in [0, 0.1) is 5.82 Å². The maximum atomic E-state index is 13.0. The molecule has 84 valence electrons. The predicted molar refractivity (Wildman–Crippen MR) is 59.3 cm³/mol. The summed E-state index contributed by atoms with van der Waals surface area (Å²) < 4.78 is 18.0. The third kappa shape index (κ3) is 3.98. The van der Waals surface area contributed by atoms with Gasteiger partial charge >= 0.3 is 0 Å². The van der Waals surface area contributed by atoms with Gasteiger partial charge in [0, 0.05) is 19.8 Å². The number of benzene rings is 1. The van der Waals surface area contributed by atoms with Crippen LogP contribution in [0.1, 0.15) is 24.4 Å². The van der Waals surface area contributed by atoms with Crippen LogP contribution >= 0.6 is 0 Å². The van der Waals surface area contributed by atoms with Crippen molar-refractivity contribution in [3.8, 4) is 0 Å². The second-order valence-electron chi connectivity index (χ2n) is 3.53. The van der Waals surface area contributed by atoms with Crippen molar-refractivity contribution >= 4 is 0 Å². The number of rotatable bonds is 6. The minimum atomic E-state index is -0.181. The van der Waals surface area contributed by atoms with Crippen LogP contribution in [0.5, 0.6) is 0 Å². The zero-order chi connectivity index (χ0) is 11.1. The SMILES string of the molecule is CNC(CCCOC)c1cccc(F)c1. The van der Waals surface area contributed by atoms with Crippen molar-refractivity contribution in [1.29, 1.82) is 0 Å². The van der Waals surface area contributed by atoms with E-state index in [1.807, 2.05) is 13.1 Å². The van der Waals surface area contributed by atoms with Gasteiger partial charge in [-0.1, -0.05) is 12.1 Å². The minimum absolute atomic E-state index is 0.181. The fraction of sp³-hybridized carbons (Fsp3) is 0.500. The molecule has 0 aliphatic rings. The summed E-state index contributed by atoms with van der Waals surface area (Å²) in [5, 5.41) is 3.18. The van der Waals surface area contributed by atoms with Crippen molar-refractivity contribution in [2.24, 2.45) is 0 Å². The molecule has 0 aliphatic heterocycles. The number of hydrogen-bond acceptors (Lipinski definition) is 2. The van der Waals surface area contributed by atoms with Crippen molar-refractivity contribution in [2.75, 3.05) is 20.8 Å². The first-order valence-electron chi connectivity index (χ1n) is 5.19. The van der Waals surface area contributed by atoms with Gasteiger partial charge in [-0.15, -0.1) is 0 Å². The van der Waals surface area contributed by atoms with Crippen LogP contribution in [0.4, 0.5) is 4.39 Å². The van der Waals surface area contributed by atoms with E-state index in [1.54, 1.807) is 19.2 Å². The molecule has 1 rings (SSSR count). The lowest BCUT2D eigenvalue weighted by molar-refractivity contribution is 0.189. The van der Waals surface area contributed by atoms with E-state index >= 15 is 0 Å². The summed E-state index contributed by atoms with van der Waals surface area (Å²) in [6.45, 7) is 0.744. The number of halogens is 1. The molecule has 0 spiro atoms. The van der Waals surface area contributed by atoms with Crippen LogP contribution in [-0.2, 0) is 4.74 Å². The van der Waals surface area contributed by atoms with E-state index in [-0.39, 0.29) is 11.9 Å². The predicted octanol–water partition coefficient (Wildman–Crippen LogP) is 2.51. The zero-order valence-corrected chi connectivity index (χ0v) is 9.29. The minimum Gasteiger partial charge on any atom is -0.385 e. The first kappa shape index (κ1) is 12.1. The van der Waals surface area contributed by atoms with Crippen LogP contribution in [0.15, 0.2) is 24.3 Å². The van der Waals surface area contributed by atoms with Crippen molar-refractivity contribution in [2.45, 2.75) is 18.9 Å². The largest absolute Gasteiger partial charge is 0.385 e. The molecular weight excluding hydrogens is 193 g/mol. The first-order valence-corrected chi connectivity index (χ1v) is 5.19. The second kappa shape index (κ2) is 6.53. The molecule has 0 saturated carbocycles. The quantitative estimate of drug-likeness (QED) is 0.730. The number of methoxy groups -OCH3 is 1. The first-order chi connectivity index (χ1) is 7.27. The van der Waals surface area contributed by atoms with Crippen LogP contribution in [0.2, 0.25) is 0 Å². The molecule has 15 heavy (non-hydrogen) atoms. The molecule has 3 heteroatoms. The molecule has 1 N–H and O–H groups in total. The third-order valence-corrected chi connectivity index (χ3v) is 2.44. The Bertz CT molecular complexity index is 291. The lowest BCUT2D eigenvalue weighted by Gasteiger charge is -2.16. The van der Waals surface area contributed by atoms with Crippen molar-refractivity contribution in [3.63, 3.8) is 0 Å². The van der Waals surface area contributed by atoms with Crippen LogP contribution in [0.25, 0.3) is 0 Å². The smallest absolute Gasteiger partial charge is 0.123 e. The van der Waals surface area contributed by atoms with Crippen LogP contribution in [0.3, 0.4) is 0 Å². The van der Waals surface area contributed by atoms with Gasteiger partial charge in [-0.2, -0.15) is 0 Å². The molecule has 0 amide bonds. The average molecular weight is 211 g/mol. The molecule has 0 fully saturated rings. The highest BCUT2D eigenvalue weighted by molar-refractivity contribution is 5.19. The standard InChI is InChI=1S/C12H18FNO/c1-14-12(7-4-8-15-2)10-5-3-6-11(13)9-10/h3,5-6,9,12,14H,4,7-8H2,1-2H3. The Morgan fingerprint density at radius 1 is 1.47 bits per heavy atom. The van der Waals surface area contributed by atoms with Gasteiger partial charge in [0.05, 0.1) is 0 Å².